The lowest BCUT2D eigenvalue weighted by atomic mass is 9.99. The average molecular weight is 271 g/mol. The number of rotatable bonds is 1. The van der Waals surface area contributed by atoms with Crippen LogP contribution >= 0.6 is 11.3 Å². The van der Waals surface area contributed by atoms with E-state index in [9.17, 15) is 9.59 Å². The molecule has 96 valence electrons. The number of fused-ring (bicyclic) bond motifs is 1. The van der Waals surface area contributed by atoms with Crippen LogP contribution in [0.15, 0.2) is 23.6 Å². The third-order valence-corrected chi connectivity index (χ3v) is 4.28. The lowest BCUT2D eigenvalue weighted by Gasteiger charge is -2.11. The van der Waals surface area contributed by atoms with E-state index in [1.54, 1.807) is 0 Å². The van der Waals surface area contributed by atoms with Crippen molar-refractivity contribution in [3.63, 3.8) is 0 Å². The molecule has 1 aliphatic rings. The molecule has 0 atom stereocenters. The zero-order chi connectivity index (χ0) is 13.7. The zero-order valence-electron chi connectivity index (χ0n) is 11.0. The Morgan fingerprint density at radius 1 is 0.947 bits per heavy atom. The summed E-state index contributed by atoms with van der Waals surface area (Å²) in [7, 11) is 0. The summed E-state index contributed by atoms with van der Waals surface area (Å²) in [5.41, 5.74) is 3.48. The maximum absolute atomic E-state index is 12.5. The molecule has 0 radical (unpaired) electrons. The van der Waals surface area contributed by atoms with Crippen LogP contribution in [0.4, 0.5) is 5.69 Å². The monoisotopic (exact) mass is 271 g/mol. The first-order chi connectivity index (χ1) is 9.00. The van der Waals surface area contributed by atoms with Gasteiger partial charge in [0.05, 0.1) is 16.8 Å². The Labute approximate surface area is 115 Å². The Kier molecular flexibility index (Phi) is 2.57. The van der Waals surface area contributed by atoms with Gasteiger partial charge in [-0.15, -0.1) is 11.3 Å². The fourth-order valence-electron chi connectivity index (χ4n) is 2.46. The number of anilines is 1. The number of thiophene rings is 1. The van der Waals surface area contributed by atoms with Crippen molar-refractivity contribution in [3.8, 4) is 0 Å². The Balaban J connectivity index is 2.20. The minimum Gasteiger partial charge on any atom is -0.268 e. The summed E-state index contributed by atoms with van der Waals surface area (Å²) >= 11 is 1.54. The van der Waals surface area contributed by atoms with Crippen LogP contribution in [0.5, 0.6) is 0 Å². The van der Waals surface area contributed by atoms with E-state index in [-0.39, 0.29) is 11.8 Å². The molecule has 4 heteroatoms. The van der Waals surface area contributed by atoms with Crippen molar-refractivity contribution in [2.45, 2.75) is 20.8 Å². The molecule has 19 heavy (non-hydrogen) atoms. The third kappa shape index (κ3) is 1.64. The molecule has 0 bridgehead atoms. The van der Waals surface area contributed by atoms with Gasteiger partial charge in [-0.05, 0) is 38.0 Å². The molecule has 0 spiro atoms. The summed E-state index contributed by atoms with van der Waals surface area (Å²) in [6, 6.07) is 5.65. The predicted molar refractivity (Wildman–Crippen MR) is 76.1 cm³/mol. The molecule has 3 nitrogen and oxygen atoms in total. The second kappa shape index (κ2) is 4.03. The summed E-state index contributed by atoms with van der Waals surface area (Å²) in [5.74, 6) is -0.419. The van der Waals surface area contributed by atoms with Crippen LogP contribution in [-0.2, 0) is 0 Å². The SMILES string of the molecule is Cc1cc(N2C(=O)c3c(C)ccc(C)c3C2=O)cs1. The zero-order valence-corrected chi connectivity index (χ0v) is 11.8. The molecule has 0 saturated carbocycles. The predicted octanol–water partition coefficient (Wildman–Crippen LogP) is 3.47. The molecule has 0 saturated heterocycles. The lowest BCUT2D eigenvalue weighted by molar-refractivity contribution is 0.0926. The first kappa shape index (κ1) is 12.1. The van der Waals surface area contributed by atoms with E-state index in [0.717, 1.165) is 16.0 Å². The second-order valence-corrected chi connectivity index (χ2v) is 5.93. The van der Waals surface area contributed by atoms with Crippen LogP contribution < -0.4 is 4.90 Å². The van der Waals surface area contributed by atoms with Crippen molar-refractivity contribution >= 4 is 28.8 Å². The number of amides is 2. The van der Waals surface area contributed by atoms with Gasteiger partial charge in [0.1, 0.15) is 0 Å². The smallest absolute Gasteiger partial charge is 0.266 e. The highest BCUT2D eigenvalue weighted by molar-refractivity contribution is 7.10. The van der Waals surface area contributed by atoms with E-state index in [1.165, 1.54) is 16.2 Å². The molecule has 2 amide bonds. The number of imide groups is 1. The minimum absolute atomic E-state index is 0.209. The highest BCUT2D eigenvalue weighted by Crippen LogP contribution is 2.34. The van der Waals surface area contributed by atoms with Crippen LogP contribution in [0.3, 0.4) is 0 Å². The molecule has 0 unspecified atom stereocenters. The van der Waals surface area contributed by atoms with Gasteiger partial charge in [-0.3, -0.25) is 9.59 Å². The van der Waals surface area contributed by atoms with Crippen LogP contribution in [0, 0.1) is 20.8 Å². The second-order valence-electron chi connectivity index (χ2n) is 4.81. The molecular formula is C15H13NO2S. The summed E-state index contributed by atoms with van der Waals surface area (Å²) in [4.78, 5) is 27.4. The van der Waals surface area contributed by atoms with Gasteiger partial charge in [0.25, 0.3) is 11.8 Å². The van der Waals surface area contributed by atoms with Gasteiger partial charge in [0.2, 0.25) is 0 Å². The molecule has 0 fully saturated rings. The van der Waals surface area contributed by atoms with Crippen molar-refractivity contribution in [1.82, 2.24) is 0 Å². The number of nitrogens with zero attached hydrogens (tertiary/aromatic N) is 1. The molecule has 2 aromatic rings. The number of carbonyl (C=O) groups is 2. The maximum Gasteiger partial charge on any atom is 0.266 e. The molecule has 1 aliphatic heterocycles. The first-order valence-corrected chi connectivity index (χ1v) is 6.93. The topological polar surface area (TPSA) is 37.4 Å². The minimum atomic E-state index is -0.209. The van der Waals surface area contributed by atoms with Gasteiger partial charge in [0.15, 0.2) is 0 Å². The van der Waals surface area contributed by atoms with Crippen molar-refractivity contribution < 1.29 is 9.59 Å². The first-order valence-electron chi connectivity index (χ1n) is 6.05. The van der Waals surface area contributed by atoms with E-state index in [1.807, 2.05) is 44.4 Å². The Hall–Kier alpha value is -1.94. The van der Waals surface area contributed by atoms with Crippen LogP contribution in [0.25, 0.3) is 0 Å². The molecule has 1 aromatic carbocycles. The summed E-state index contributed by atoms with van der Waals surface area (Å²) < 4.78 is 0. The van der Waals surface area contributed by atoms with Crippen molar-refractivity contribution in [2.24, 2.45) is 0 Å². The van der Waals surface area contributed by atoms with Gasteiger partial charge in [-0.1, -0.05) is 12.1 Å². The lowest BCUT2D eigenvalue weighted by Crippen LogP contribution is -2.29. The number of hydrogen-bond donors (Lipinski definition) is 0. The average Bonchev–Trinajstić information content (AvgIpc) is 2.87. The van der Waals surface area contributed by atoms with Gasteiger partial charge in [-0.2, -0.15) is 0 Å². The van der Waals surface area contributed by atoms with Gasteiger partial charge >= 0.3 is 0 Å². The Morgan fingerprint density at radius 2 is 1.47 bits per heavy atom. The fourth-order valence-corrected chi connectivity index (χ4v) is 3.13. The molecule has 0 N–H and O–H groups in total. The molecular weight excluding hydrogens is 258 g/mol. The maximum atomic E-state index is 12.5. The summed E-state index contributed by atoms with van der Waals surface area (Å²) in [6.45, 7) is 5.69. The van der Waals surface area contributed by atoms with Crippen LogP contribution in [-0.4, -0.2) is 11.8 Å². The third-order valence-electron chi connectivity index (χ3n) is 3.43. The largest absolute Gasteiger partial charge is 0.268 e. The Morgan fingerprint density at radius 3 is 1.89 bits per heavy atom. The van der Waals surface area contributed by atoms with E-state index in [2.05, 4.69) is 0 Å². The van der Waals surface area contributed by atoms with E-state index in [4.69, 9.17) is 0 Å². The van der Waals surface area contributed by atoms with Crippen molar-refractivity contribution in [2.75, 3.05) is 4.90 Å². The standard InChI is InChI=1S/C15H13NO2S/c1-8-4-5-9(2)13-12(8)14(17)16(15(13)18)11-6-10(3)19-7-11/h4-7H,1-3H3. The van der Waals surface area contributed by atoms with E-state index in [0.29, 0.717) is 16.8 Å². The highest BCUT2D eigenvalue weighted by Gasteiger charge is 2.39. The number of carbonyl (C=O) groups excluding carboxylic acids is 2. The normalized spacial score (nSPS) is 14.2. The van der Waals surface area contributed by atoms with E-state index < -0.39 is 0 Å². The van der Waals surface area contributed by atoms with Gasteiger partial charge < -0.3 is 0 Å². The molecule has 3 rings (SSSR count). The van der Waals surface area contributed by atoms with Crippen LogP contribution in [0.1, 0.15) is 36.7 Å². The quantitative estimate of drug-likeness (QED) is 0.745. The van der Waals surface area contributed by atoms with Crippen molar-refractivity contribution in [3.05, 3.63) is 50.7 Å². The fraction of sp³-hybridized carbons (Fsp3) is 0.200. The molecule has 1 aromatic heterocycles. The number of hydrogen-bond acceptors (Lipinski definition) is 3. The summed E-state index contributed by atoms with van der Waals surface area (Å²) in [6.07, 6.45) is 0. The van der Waals surface area contributed by atoms with Crippen molar-refractivity contribution in [1.29, 1.82) is 0 Å². The molecule has 2 heterocycles. The Bertz CT molecular complexity index is 674. The van der Waals surface area contributed by atoms with Gasteiger partial charge in [-0.25, -0.2) is 4.90 Å². The van der Waals surface area contributed by atoms with E-state index >= 15 is 0 Å². The molecule has 0 aliphatic carbocycles. The number of aryl methyl sites for hydroxylation is 3. The van der Waals surface area contributed by atoms with Crippen LogP contribution in [0.2, 0.25) is 0 Å². The highest BCUT2D eigenvalue weighted by atomic mass is 32.1. The number of benzene rings is 1. The summed E-state index contributed by atoms with van der Waals surface area (Å²) in [5, 5.41) is 1.85. The van der Waals surface area contributed by atoms with Gasteiger partial charge in [0, 0.05) is 10.3 Å².